The quantitative estimate of drug-likeness (QED) is 0.765. The van der Waals surface area contributed by atoms with E-state index in [4.69, 9.17) is 0 Å². The standard InChI is InChI=1S/C11H17NS/c1-9-5-7-13-11(9)8-10-4-2-3-6-12-10/h5,7,10,12H,2-4,6,8H2,1H3. The summed E-state index contributed by atoms with van der Waals surface area (Å²) in [6, 6.07) is 2.97. The van der Waals surface area contributed by atoms with Gasteiger partial charge in [-0.15, -0.1) is 11.3 Å². The van der Waals surface area contributed by atoms with Crippen LogP contribution in [-0.2, 0) is 6.42 Å². The van der Waals surface area contributed by atoms with Gasteiger partial charge in [-0.3, -0.25) is 0 Å². The molecule has 1 nitrogen and oxygen atoms in total. The molecule has 0 aliphatic carbocycles. The summed E-state index contributed by atoms with van der Waals surface area (Å²) >= 11 is 1.90. The van der Waals surface area contributed by atoms with E-state index < -0.39 is 0 Å². The number of nitrogens with one attached hydrogen (secondary N) is 1. The summed E-state index contributed by atoms with van der Waals surface area (Å²) in [4.78, 5) is 1.57. The fourth-order valence-corrected chi connectivity index (χ4v) is 2.92. The van der Waals surface area contributed by atoms with Gasteiger partial charge in [0.05, 0.1) is 0 Å². The summed E-state index contributed by atoms with van der Waals surface area (Å²) in [5.41, 5.74) is 1.47. The van der Waals surface area contributed by atoms with Gasteiger partial charge in [-0.05, 0) is 49.7 Å². The Morgan fingerprint density at radius 2 is 2.46 bits per heavy atom. The molecule has 13 heavy (non-hydrogen) atoms. The Hall–Kier alpha value is -0.340. The van der Waals surface area contributed by atoms with Gasteiger partial charge in [-0.2, -0.15) is 0 Å². The van der Waals surface area contributed by atoms with E-state index >= 15 is 0 Å². The van der Waals surface area contributed by atoms with Crippen molar-refractivity contribution in [3.8, 4) is 0 Å². The first-order valence-corrected chi connectivity index (χ1v) is 6.00. The van der Waals surface area contributed by atoms with E-state index in [1.165, 1.54) is 37.8 Å². The highest BCUT2D eigenvalue weighted by Crippen LogP contribution is 2.20. The summed E-state index contributed by atoms with van der Waals surface area (Å²) in [7, 11) is 0. The van der Waals surface area contributed by atoms with Crippen LogP contribution in [0.3, 0.4) is 0 Å². The van der Waals surface area contributed by atoms with Gasteiger partial charge in [0.25, 0.3) is 0 Å². The topological polar surface area (TPSA) is 12.0 Å². The summed E-state index contributed by atoms with van der Waals surface area (Å²) < 4.78 is 0. The minimum atomic E-state index is 0.742. The van der Waals surface area contributed by atoms with Crippen LogP contribution < -0.4 is 5.32 Å². The van der Waals surface area contributed by atoms with Crippen molar-refractivity contribution in [3.05, 3.63) is 21.9 Å². The van der Waals surface area contributed by atoms with Crippen LogP contribution in [0.15, 0.2) is 11.4 Å². The van der Waals surface area contributed by atoms with E-state index in [-0.39, 0.29) is 0 Å². The van der Waals surface area contributed by atoms with Gasteiger partial charge in [-0.25, -0.2) is 0 Å². The van der Waals surface area contributed by atoms with Crippen LogP contribution >= 0.6 is 11.3 Å². The third-order valence-corrected chi connectivity index (χ3v) is 3.86. The van der Waals surface area contributed by atoms with E-state index in [1.807, 2.05) is 11.3 Å². The molecule has 72 valence electrons. The fraction of sp³-hybridized carbons (Fsp3) is 0.636. The molecule has 1 unspecified atom stereocenters. The molecule has 1 fully saturated rings. The van der Waals surface area contributed by atoms with E-state index in [1.54, 1.807) is 4.88 Å². The summed E-state index contributed by atoms with van der Waals surface area (Å²) in [6.45, 7) is 3.43. The summed E-state index contributed by atoms with van der Waals surface area (Å²) in [5, 5.41) is 5.79. The SMILES string of the molecule is Cc1ccsc1CC1CCCCN1. The highest BCUT2D eigenvalue weighted by atomic mass is 32.1. The highest BCUT2D eigenvalue weighted by molar-refractivity contribution is 7.10. The van der Waals surface area contributed by atoms with Crippen LogP contribution in [0.2, 0.25) is 0 Å². The number of hydrogen-bond donors (Lipinski definition) is 1. The molecule has 2 heteroatoms. The zero-order valence-corrected chi connectivity index (χ0v) is 8.99. The molecule has 0 bridgehead atoms. The lowest BCUT2D eigenvalue weighted by Crippen LogP contribution is -2.35. The molecule has 1 saturated heterocycles. The maximum Gasteiger partial charge on any atom is 0.0115 e. The molecule has 0 amide bonds. The van der Waals surface area contributed by atoms with Crippen LogP contribution in [0.4, 0.5) is 0 Å². The molecular formula is C11H17NS. The van der Waals surface area contributed by atoms with Gasteiger partial charge in [0, 0.05) is 10.9 Å². The Balaban J connectivity index is 1.93. The first kappa shape index (κ1) is 9.22. The molecule has 0 radical (unpaired) electrons. The first-order valence-electron chi connectivity index (χ1n) is 5.12. The third kappa shape index (κ3) is 2.32. The van der Waals surface area contributed by atoms with E-state index in [0.29, 0.717) is 0 Å². The van der Waals surface area contributed by atoms with Gasteiger partial charge < -0.3 is 5.32 Å². The van der Waals surface area contributed by atoms with Crippen molar-refractivity contribution in [2.75, 3.05) is 6.54 Å². The average molecular weight is 195 g/mol. The molecule has 1 aliphatic heterocycles. The second-order valence-corrected chi connectivity index (χ2v) is 4.88. The van der Waals surface area contributed by atoms with Crippen molar-refractivity contribution in [3.63, 3.8) is 0 Å². The predicted molar refractivity (Wildman–Crippen MR) is 58.4 cm³/mol. The van der Waals surface area contributed by atoms with Crippen LogP contribution in [0.5, 0.6) is 0 Å². The zero-order chi connectivity index (χ0) is 9.10. The molecule has 1 atom stereocenters. The lowest BCUT2D eigenvalue weighted by Gasteiger charge is -2.23. The van der Waals surface area contributed by atoms with E-state index in [9.17, 15) is 0 Å². The molecule has 1 aliphatic rings. The van der Waals surface area contributed by atoms with Gasteiger partial charge >= 0.3 is 0 Å². The van der Waals surface area contributed by atoms with Crippen molar-refractivity contribution in [2.24, 2.45) is 0 Å². The summed E-state index contributed by atoms with van der Waals surface area (Å²) in [6.07, 6.45) is 5.36. The number of piperidine rings is 1. The number of thiophene rings is 1. The van der Waals surface area contributed by atoms with Crippen molar-refractivity contribution < 1.29 is 0 Å². The smallest absolute Gasteiger partial charge is 0.0115 e. The molecule has 1 aromatic heterocycles. The van der Waals surface area contributed by atoms with Crippen molar-refractivity contribution >= 4 is 11.3 Å². The van der Waals surface area contributed by atoms with Crippen molar-refractivity contribution in [1.29, 1.82) is 0 Å². The lowest BCUT2D eigenvalue weighted by atomic mass is 10.0. The molecule has 0 aromatic carbocycles. The minimum absolute atomic E-state index is 0.742. The van der Waals surface area contributed by atoms with Crippen LogP contribution in [0, 0.1) is 6.92 Å². The second-order valence-electron chi connectivity index (χ2n) is 3.88. The minimum Gasteiger partial charge on any atom is -0.314 e. The Kier molecular flexibility index (Phi) is 3.01. The molecule has 1 aromatic rings. The van der Waals surface area contributed by atoms with Crippen LogP contribution in [-0.4, -0.2) is 12.6 Å². The Labute approximate surface area is 84.2 Å². The van der Waals surface area contributed by atoms with Crippen LogP contribution in [0.1, 0.15) is 29.7 Å². The van der Waals surface area contributed by atoms with Crippen LogP contribution in [0.25, 0.3) is 0 Å². The van der Waals surface area contributed by atoms with Gasteiger partial charge in [-0.1, -0.05) is 6.42 Å². The molecule has 2 rings (SSSR count). The Morgan fingerprint density at radius 3 is 3.08 bits per heavy atom. The number of rotatable bonds is 2. The molecule has 0 saturated carbocycles. The van der Waals surface area contributed by atoms with Gasteiger partial charge in [0.2, 0.25) is 0 Å². The second kappa shape index (κ2) is 4.25. The normalized spacial score (nSPS) is 23.3. The van der Waals surface area contributed by atoms with E-state index in [0.717, 1.165) is 6.04 Å². The molecule has 1 N–H and O–H groups in total. The van der Waals surface area contributed by atoms with Gasteiger partial charge in [0.15, 0.2) is 0 Å². The Bertz CT molecular complexity index is 261. The average Bonchev–Trinajstić information content (AvgIpc) is 2.54. The zero-order valence-electron chi connectivity index (χ0n) is 8.18. The predicted octanol–water partition coefficient (Wildman–Crippen LogP) is 2.74. The number of hydrogen-bond acceptors (Lipinski definition) is 2. The number of aryl methyl sites for hydroxylation is 1. The first-order chi connectivity index (χ1) is 6.36. The fourth-order valence-electron chi connectivity index (χ4n) is 1.94. The Morgan fingerprint density at radius 1 is 1.54 bits per heavy atom. The highest BCUT2D eigenvalue weighted by Gasteiger charge is 2.14. The van der Waals surface area contributed by atoms with Crippen molar-refractivity contribution in [1.82, 2.24) is 5.32 Å². The third-order valence-electron chi connectivity index (χ3n) is 2.81. The van der Waals surface area contributed by atoms with E-state index in [2.05, 4.69) is 23.7 Å². The summed E-state index contributed by atoms with van der Waals surface area (Å²) in [5.74, 6) is 0. The molecular weight excluding hydrogens is 178 g/mol. The van der Waals surface area contributed by atoms with Gasteiger partial charge in [0.1, 0.15) is 0 Å². The maximum atomic E-state index is 3.59. The monoisotopic (exact) mass is 195 g/mol. The molecule has 2 heterocycles. The van der Waals surface area contributed by atoms with Crippen molar-refractivity contribution in [2.45, 2.75) is 38.6 Å². The maximum absolute atomic E-state index is 3.59. The lowest BCUT2D eigenvalue weighted by molar-refractivity contribution is 0.400. The molecule has 0 spiro atoms. The largest absolute Gasteiger partial charge is 0.314 e.